The molecule has 0 aromatic rings. The molecule has 6 nitrogen and oxygen atoms in total. The molecule has 0 N–H and O–H groups in total. The zero-order chi connectivity index (χ0) is 50.7. The number of esters is 3. The molecule has 1 atom stereocenters. The Morgan fingerprint density at radius 1 is 0.300 bits per heavy atom. The van der Waals surface area contributed by atoms with Crippen molar-refractivity contribution in [3.63, 3.8) is 0 Å². The van der Waals surface area contributed by atoms with E-state index in [-0.39, 0.29) is 37.5 Å². The van der Waals surface area contributed by atoms with E-state index in [1.54, 1.807) is 0 Å². The maximum atomic E-state index is 12.8. The summed E-state index contributed by atoms with van der Waals surface area (Å²) < 4.78 is 16.8. The number of hydrogen-bond acceptors (Lipinski definition) is 6. The molecule has 70 heavy (non-hydrogen) atoms. The molecule has 0 saturated heterocycles. The van der Waals surface area contributed by atoms with Crippen LogP contribution in [0.15, 0.2) is 85.1 Å². The molecular formula is C64H110O6. The number of rotatable bonds is 53. The number of ether oxygens (including phenoxy) is 3. The van der Waals surface area contributed by atoms with Crippen molar-refractivity contribution < 1.29 is 28.6 Å². The molecule has 6 heteroatoms. The lowest BCUT2D eigenvalue weighted by atomic mass is 10.1. The van der Waals surface area contributed by atoms with Crippen LogP contribution in [0.5, 0.6) is 0 Å². The quantitative estimate of drug-likeness (QED) is 0.0261. The van der Waals surface area contributed by atoms with Gasteiger partial charge in [0, 0.05) is 19.3 Å². The number of carbonyl (C=O) groups is 3. The predicted octanol–water partition coefficient (Wildman–Crippen LogP) is 19.9. The van der Waals surface area contributed by atoms with Gasteiger partial charge >= 0.3 is 17.9 Å². The molecule has 0 aliphatic heterocycles. The molecule has 0 amide bonds. The van der Waals surface area contributed by atoms with Gasteiger partial charge in [-0.2, -0.15) is 0 Å². The highest BCUT2D eigenvalue weighted by atomic mass is 16.6. The first kappa shape index (κ1) is 66.6. The van der Waals surface area contributed by atoms with Crippen molar-refractivity contribution >= 4 is 17.9 Å². The van der Waals surface area contributed by atoms with Gasteiger partial charge in [-0.1, -0.05) is 241 Å². The van der Waals surface area contributed by atoms with Gasteiger partial charge in [0.25, 0.3) is 0 Å². The minimum Gasteiger partial charge on any atom is -0.462 e. The van der Waals surface area contributed by atoms with Gasteiger partial charge in [-0.3, -0.25) is 14.4 Å². The molecule has 0 aromatic heterocycles. The van der Waals surface area contributed by atoms with E-state index in [2.05, 4.69) is 106 Å². The second kappa shape index (κ2) is 58.2. The Morgan fingerprint density at radius 3 is 0.929 bits per heavy atom. The third-order valence-corrected chi connectivity index (χ3v) is 12.6. The van der Waals surface area contributed by atoms with Gasteiger partial charge in [-0.05, 0) is 109 Å². The lowest BCUT2D eigenvalue weighted by molar-refractivity contribution is -0.167. The highest BCUT2D eigenvalue weighted by molar-refractivity contribution is 5.71. The van der Waals surface area contributed by atoms with E-state index < -0.39 is 6.10 Å². The fraction of sp³-hybridized carbons (Fsp3) is 0.734. The number of carbonyl (C=O) groups excluding carboxylic acids is 3. The predicted molar refractivity (Wildman–Crippen MR) is 302 cm³/mol. The highest BCUT2D eigenvalue weighted by Crippen LogP contribution is 2.15. The summed E-state index contributed by atoms with van der Waals surface area (Å²) in [5.41, 5.74) is 0. The van der Waals surface area contributed by atoms with E-state index in [0.717, 1.165) is 89.9 Å². The molecule has 0 aromatic carbocycles. The molecule has 0 bridgehead atoms. The van der Waals surface area contributed by atoms with Gasteiger partial charge in [0.1, 0.15) is 13.2 Å². The van der Waals surface area contributed by atoms with Gasteiger partial charge in [0.05, 0.1) is 0 Å². The molecule has 0 spiro atoms. The van der Waals surface area contributed by atoms with Crippen LogP contribution in [-0.2, 0) is 28.6 Å². The second-order valence-electron chi connectivity index (χ2n) is 19.5. The third kappa shape index (κ3) is 55.5. The van der Waals surface area contributed by atoms with E-state index in [1.165, 1.54) is 148 Å². The average molecular weight is 976 g/mol. The summed E-state index contributed by atoms with van der Waals surface area (Å²) in [4.78, 5) is 38.2. The van der Waals surface area contributed by atoms with Gasteiger partial charge < -0.3 is 14.2 Å². The van der Waals surface area contributed by atoms with Crippen molar-refractivity contribution in [2.24, 2.45) is 0 Å². The Kier molecular flexibility index (Phi) is 55.3. The fourth-order valence-corrected chi connectivity index (χ4v) is 8.17. The molecule has 402 valence electrons. The number of unbranched alkanes of at least 4 members (excludes halogenated alkanes) is 28. The molecule has 0 rings (SSSR count). The van der Waals surface area contributed by atoms with Crippen molar-refractivity contribution in [1.29, 1.82) is 0 Å². The summed E-state index contributed by atoms with van der Waals surface area (Å²) >= 11 is 0. The standard InChI is InChI=1S/C64H110O6/c1-4-7-10-13-16-19-22-25-28-31-32-34-36-39-42-45-48-51-54-57-63(66)69-60-61(59-68-62(65)56-53-50-47-44-41-38-35-30-27-24-21-18-15-12-9-6-3)70-64(67)58-55-52-49-46-43-40-37-33-29-26-23-20-17-14-11-8-5-2/h9,12,18,21,26-27,29-32,37,40,46,49,61H,4-8,10-11,13-17,19-20,22-25,28,33-36,38-39,41-45,47-48,50-60H2,1-3H3/b12-9-,21-18-,29-26-,30-27-,32-31-,40-37-,49-46-. The maximum absolute atomic E-state index is 12.8. The number of allylic oxidation sites excluding steroid dienone is 14. The first-order valence-corrected chi connectivity index (χ1v) is 29.6. The Bertz CT molecular complexity index is 1350. The van der Waals surface area contributed by atoms with Crippen LogP contribution in [0.4, 0.5) is 0 Å². The Balaban J connectivity index is 4.46. The van der Waals surface area contributed by atoms with Crippen LogP contribution in [0.1, 0.15) is 284 Å². The monoisotopic (exact) mass is 975 g/mol. The zero-order valence-electron chi connectivity index (χ0n) is 46.0. The van der Waals surface area contributed by atoms with Gasteiger partial charge in [-0.25, -0.2) is 0 Å². The van der Waals surface area contributed by atoms with E-state index >= 15 is 0 Å². The minimum atomic E-state index is -0.811. The normalized spacial score (nSPS) is 12.7. The van der Waals surface area contributed by atoms with Crippen LogP contribution in [0.2, 0.25) is 0 Å². The number of hydrogen-bond donors (Lipinski definition) is 0. The Morgan fingerprint density at radius 2 is 0.571 bits per heavy atom. The topological polar surface area (TPSA) is 78.9 Å². The van der Waals surface area contributed by atoms with Crippen LogP contribution in [0.3, 0.4) is 0 Å². The van der Waals surface area contributed by atoms with E-state index in [0.29, 0.717) is 19.3 Å². The van der Waals surface area contributed by atoms with Crippen molar-refractivity contribution in [2.75, 3.05) is 13.2 Å². The van der Waals surface area contributed by atoms with Crippen molar-refractivity contribution in [2.45, 2.75) is 290 Å². The third-order valence-electron chi connectivity index (χ3n) is 12.6. The Hall–Kier alpha value is -3.41. The molecule has 0 saturated carbocycles. The lowest BCUT2D eigenvalue weighted by Gasteiger charge is -2.18. The van der Waals surface area contributed by atoms with E-state index in [4.69, 9.17) is 14.2 Å². The van der Waals surface area contributed by atoms with E-state index in [1.807, 2.05) is 0 Å². The van der Waals surface area contributed by atoms with Crippen LogP contribution >= 0.6 is 0 Å². The molecule has 0 aliphatic carbocycles. The van der Waals surface area contributed by atoms with Crippen molar-refractivity contribution in [3.8, 4) is 0 Å². The summed E-state index contributed by atoms with van der Waals surface area (Å²) in [7, 11) is 0. The summed E-state index contributed by atoms with van der Waals surface area (Å²) in [5.74, 6) is -0.966. The second-order valence-corrected chi connectivity index (χ2v) is 19.5. The van der Waals surface area contributed by atoms with Crippen LogP contribution < -0.4 is 0 Å². The van der Waals surface area contributed by atoms with Gasteiger partial charge in [0.2, 0.25) is 0 Å². The summed E-state index contributed by atoms with van der Waals surface area (Å²) in [5, 5.41) is 0. The summed E-state index contributed by atoms with van der Waals surface area (Å²) in [6.45, 7) is 6.48. The highest BCUT2D eigenvalue weighted by Gasteiger charge is 2.19. The van der Waals surface area contributed by atoms with Gasteiger partial charge in [-0.15, -0.1) is 0 Å². The van der Waals surface area contributed by atoms with Crippen molar-refractivity contribution in [3.05, 3.63) is 85.1 Å². The molecule has 0 aliphatic rings. The Labute approximate surface area is 433 Å². The first-order valence-electron chi connectivity index (χ1n) is 29.6. The van der Waals surface area contributed by atoms with Crippen LogP contribution in [0.25, 0.3) is 0 Å². The fourth-order valence-electron chi connectivity index (χ4n) is 8.17. The molecule has 0 radical (unpaired) electrons. The first-order chi connectivity index (χ1) is 34.5. The molecule has 0 fully saturated rings. The maximum Gasteiger partial charge on any atom is 0.306 e. The smallest absolute Gasteiger partial charge is 0.306 e. The van der Waals surface area contributed by atoms with Gasteiger partial charge in [0.15, 0.2) is 6.10 Å². The molecule has 1 unspecified atom stereocenters. The summed E-state index contributed by atoms with van der Waals surface area (Å²) in [6, 6.07) is 0. The lowest BCUT2D eigenvalue weighted by Crippen LogP contribution is -2.30. The van der Waals surface area contributed by atoms with Crippen molar-refractivity contribution in [1.82, 2.24) is 0 Å². The molecule has 0 heterocycles. The SMILES string of the molecule is CC/C=C\C/C=C\C/C=C\CCCCCCCCC(=O)OCC(COC(=O)CCCCCCCCC/C=C\CCCCCCCCCC)OC(=O)CCC/C=C\C/C=C\C/C=C\CCCCCCCC. The van der Waals surface area contributed by atoms with Crippen LogP contribution in [-0.4, -0.2) is 37.2 Å². The largest absolute Gasteiger partial charge is 0.462 e. The van der Waals surface area contributed by atoms with E-state index in [9.17, 15) is 14.4 Å². The molecular weight excluding hydrogens is 865 g/mol. The minimum absolute atomic E-state index is 0.103. The van der Waals surface area contributed by atoms with Crippen LogP contribution in [0, 0.1) is 0 Å². The summed E-state index contributed by atoms with van der Waals surface area (Å²) in [6.07, 6.45) is 75.8. The average Bonchev–Trinajstić information content (AvgIpc) is 3.36. The zero-order valence-corrected chi connectivity index (χ0v) is 46.0.